The van der Waals surface area contributed by atoms with Gasteiger partial charge in [-0.15, -0.1) is 11.3 Å². The summed E-state index contributed by atoms with van der Waals surface area (Å²) in [5.41, 5.74) is 5.90. The van der Waals surface area contributed by atoms with Crippen molar-refractivity contribution >= 4 is 34.8 Å². The van der Waals surface area contributed by atoms with Gasteiger partial charge in [-0.05, 0) is 30.0 Å². The second-order valence-corrected chi connectivity index (χ2v) is 8.79. The first-order valence-corrected chi connectivity index (χ1v) is 11.2. The van der Waals surface area contributed by atoms with E-state index >= 15 is 0 Å². The minimum absolute atomic E-state index is 0.00273. The summed E-state index contributed by atoms with van der Waals surface area (Å²) in [6.45, 7) is 7.42. The van der Waals surface area contributed by atoms with Crippen LogP contribution in [0.5, 0.6) is 0 Å². The smallest absolute Gasteiger partial charge is 0.324 e. The maximum atomic E-state index is 14.4. The molecule has 0 aliphatic heterocycles. The molecule has 0 saturated heterocycles. The lowest BCUT2D eigenvalue weighted by molar-refractivity contribution is -0.150. The molecule has 174 valence electrons. The molecule has 32 heavy (non-hydrogen) atoms. The maximum absolute atomic E-state index is 14.4. The Balaban J connectivity index is 2.10. The second kappa shape index (κ2) is 11.7. The lowest BCUT2D eigenvalue weighted by Crippen LogP contribution is -2.38. The number of carbonyl (C=O) groups is 3. The highest BCUT2D eigenvalue weighted by Gasteiger charge is 2.21. The predicted molar refractivity (Wildman–Crippen MR) is 120 cm³/mol. The number of nitrogens with one attached hydrogen (secondary N) is 1. The lowest BCUT2D eigenvalue weighted by atomic mass is 10.0. The number of hydrogen-bond donors (Lipinski definition) is 2. The minimum atomic E-state index is -0.733. The Bertz CT molecular complexity index is 1030. The average Bonchev–Trinajstić information content (AvgIpc) is 3.18. The fourth-order valence-electron chi connectivity index (χ4n) is 2.67. The molecule has 2 rings (SSSR count). The number of ether oxygens (including phenoxy) is 1. The molecule has 2 aromatic rings. The number of amides is 2. The molecule has 0 bridgehead atoms. The van der Waals surface area contributed by atoms with E-state index in [0.29, 0.717) is 0 Å². The largest absolute Gasteiger partial charge is 0.443 e. The fourth-order valence-corrected chi connectivity index (χ4v) is 3.39. The molecular formula is C22H29FN4O4S. The quantitative estimate of drug-likeness (QED) is 0.553. The van der Waals surface area contributed by atoms with Crippen molar-refractivity contribution in [3.8, 4) is 0 Å². The van der Waals surface area contributed by atoms with Crippen LogP contribution in [0.2, 0.25) is 0 Å². The number of aromatic nitrogens is 1. The summed E-state index contributed by atoms with van der Waals surface area (Å²) < 4.78 is 21.1. The van der Waals surface area contributed by atoms with E-state index in [-0.39, 0.29) is 46.9 Å². The van der Waals surface area contributed by atoms with Crippen LogP contribution in [0.25, 0.3) is 0 Å². The van der Waals surface area contributed by atoms with E-state index in [2.05, 4.69) is 10.3 Å². The minimum Gasteiger partial charge on any atom is -0.443 e. The van der Waals surface area contributed by atoms with Gasteiger partial charge in [0.25, 0.3) is 5.91 Å². The van der Waals surface area contributed by atoms with Crippen LogP contribution >= 0.6 is 11.3 Å². The van der Waals surface area contributed by atoms with Crippen LogP contribution < -0.4 is 15.9 Å². The Morgan fingerprint density at radius 3 is 2.62 bits per heavy atom. The van der Waals surface area contributed by atoms with Crippen LogP contribution in [0.3, 0.4) is 0 Å². The van der Waals surface area contributed by atoms with Gasteiger partial charge in [0, 0.05) is 23.6 Å². The Labute approximate surface area is 190 Å². The third kappa shape index (κ3) is 7.10. The number of thiazole rings is 1. The molecule has 1 aromatic heterocycles. The maximum Gasteiger partial charge on any atom is 0.324 e. The van der Waals surface area contributed by atoms with Crippen LogP contribution in [0, 0.1) is 17.7 Å². The molecule has 10 heteroatoms. The van der Waals surface area contributed by atoms with Gasteiger partial charge in [0.15, 0.2) is 11.5 Å². The highest BCUT2D eigenvalue weighted by atomic mass is 32.1. The monoisotopic (exact) mass is 464 g/mol. The zero-order valence-corrected chi connectivity index (χ0v) is 19.4. The number of anilines is 1. The summed E-state index contributed by atoms with van der Waals surface area (Å²) in [6, 6.07) is 3.02. The molecule has 3 N–H and O–H groups in total. The standard InChI is InChI=1S/C22H29FN4O4S/c1-5-14(4)19(24)21(30)31-12-27-8-9-32-22(27)26-20(29)15-6-7-17(16(23)11-15)25-18(28)10-13(2)3/h6-9,11,13-14,19H,5,10,12,24H2,1-4H3,(H,25,28)/t14?,19-/m0/s1. The van der Waals surface area contributed by atoms with Crippen LogP contribution in [0.4, 0.5) is 10.1 Å². The number of rotatable bonds is 9. The number of benzene rings is 1. The summed E-state index contributed by atoms with van der Waals surface area (Å²) in [6.07, 6.45) is 2.63. The van der Waals surface area contributed by atoms with E-state index in [0.717, 1.165) is 12.5 Å². The van der Waals surface area contributed by atoms with E-state index in [9.17, 15) is 18.8 Å². The van der Waals surface area contributed by atoms with Gasteiger partial charge >= 0.3 is 5.97 Å². The molecule has 0 spiro atoms. The highest BCUT2D eigenvalue weighted by Crippen LogP contribution is 2.17. The fraction of sp³-hybridized carbons (Fsp3) is 0.455. The van der Waals surface area contributed by atoms with Gasteiger partial charge in [0.05, 0.1) is 5.69 Å². The molecule has 8 nitrogen and oxygen atoms in total. The zero-order valence-electron chi connectivity index (χ0n) is 18.6. The van der Waals surface area contributed by atoms with Crippen LogP contribution in [-0.2, 0) is 21.1 Å². The number of carbonyl (C=O) groups excluding carboxylic acids is 3. The highest BCUT2D eigenvalue weighted by molar-refractivity contribution is 7.07. The van der Waals surface area contributed by atoms with Crippen LogP contribution in [-0.4, -0.2) is 28.4 Å². The van der Waals surface area contributed by atoms with E-state index in [1.54, 1.807) is 11.6 Å². The SMILES string of the molecule is CCC(C)[C@H](N)C(=O)OCn1ccsc1=NC(=O)c1ccc(NC(=O)CC(C)C)c(F)c1. The lowest BCUT2D eigenvalue weighted by Gasteiger charge is -2.16. The van der Waals surface area contributed by atoms with Gasteiger partial charge in [0.2, 0.25) is 5.91 Å². The Morgan fingerprint density at radius 2 is 2.00 bits per heavy atom. The topological polar surface area (TPSA) is 116 Å². The van der Waals surface area contributed by atoms with Crippen molar-refractivity contribution in [2.45, 2.75) is 53.3 Å². The number of hydrogen-bond acceptors (Lipinski definition) is 6. The Kier molecular flexibility index (Phi) is 9.27. The molecule has 1 aromatic carbocycles. The van der Waals surface area contributed by atoms with Crippen LogP contribution in [0.1, 0.15) is 50.9 Å². The third-order valence-electron chi connectivity index (χ3n) is 4.82. The molecule has 1 unspecified atom stereocenters. The van der Waals surface area contributed by atoms with E-state index < -0.39 is 23.7 Å². The average molecular weight is 465 g/mol. The first kappa shape index (κ1) is 25.4. The number of nitrogens with zero attached hydrogens (tertiary/aromatic N) is 2. The predicted octanol–water partition coefficient (Wildman–Crippen LogP) is 3.29. The van der Waals surface area contributed by atoms with Crippen molar-refractivity contribution in [1.29, 1.82) is 0 Å². The van der Waals surface area contributed by atoms with Gasteiger partial charge in [-0.3, -0.25) is 19.0 Å². The zero-order chi connectivity index (χ0) is 23.8. The van der Waals surface area contributed by atoms with Crippen molar-refractivity contribution in [2.75, 3.05) is 5.32 Å². The molecule has 0 saturated carbocycles. The molecular weight excluding hydrogens is 435 g/mol. The Morgan fingerprint density at radius 1 is 1.28 bits per heavy atom. The first-order valence-electron chi connectivity index (χ1n) is 10.4. The first-order chi connectivity index (χ1) is 15.1. The molecule has 2 atom stereocenters. The van der Waals surface area contributed by atoms with Crippen molar-refractivity contribution in [1.82, 2.24) is 4.57 Å². The van der Waals surface area contributed by atoms with Gasteiger partial charge < -0.3 is 15.8 Å². The van der Waals surface area contributed by atoms with Gasteiger partial charge in [0.1, 0.15) is 11.9 Å². The van der Waals surface area contributed by atoms with Crippen molar-refractivity contribution in [2.24, 2.45) is 22.6 Å². The van der Waals surface area contributed by atoms with Gasteiger partial charge in [-0.2, -0.15) is 4.99 Å². The van der Waals surface area contributed by atoms with E-state index in [1.165, 1.54) is 28.0 Å². The summed E-state index contributed by atoms with van der Waals surface area (Å²) in [5.74, 6) is -2.11. The van der Waals surface area contributed by atoms with E-state index in [1.807, 2.05) is 27.7 Å². The van der Waals surface area contributed by atoms with Crippen molar-refractivity contribution < 1.29 is 23.5 Å². The Hall–Kier alpha value is -2.85. The van der Waals surface area contributed by atoms with Gasteiger partial charge in [-0.1, -0.05) is 34.1 Å². The number of halogens is 1. The summed E-state index contributed by atoms with van der Waals surface area (Å²) >= 11 is 1.17. The molecule has 0 aliphatic carbocycles. The summed E-state index contributed by atoms with van der Waals surface area (Å²) in [4.78, 5) is 40.7. The molecule has 2 amide bonds. The summed E-state index contributed by atoms with van der Waals surface area (Å²) in [7, 11) is 0. The van der Waals surface area contributed by atoms with Crippen molar-refractivity contribution in [3.05, 3.63) is 46.0 Å². The molecule has 0 fully saturated rings. The summed E-state index contributed by atoms with van der Waals surface area (Å²) in [5, 5.41) is 4.18. The van der Waals surface area contributed by atoms with Crippen LogP contribution in [0.15, 0.2) is 34.8 Å². The van der Waals surface area contributed by atoms with Gasteiger partial charge in [-0.25, -0.2) is 4.39 Å². The number of esters is 1. The number of nitrogens with two attached hydrogens (primary N) is 1. The second-order valence-electron chi connectivity index (χ2n) is 7.92. The molecule has 0 radical (unpaired) electrons. The third-order valence-corrected chi connectivity index (χ3v) is 5.61. The molecule has 1 heterocycles. The molecule has 0 aliphatic rings. The van der Waals surface area contributed by atoms with Crippen molar-refractivity contribution in [3.63, 3.8) is 0 Å². The normalized spacial score (nSPS) is 13.7. The van der Waals surface area contributed by atoms with E-state index in [4.69, 9.17) is 10.5 Å².